The van der Waals surface area contributed by atoms with Gasteiger partial charge in [-0.3, -0.25) is 4.72 Å². The van der Waals surface area contributed by atoms with Crippen LogP contribution in [-0.2, 0) is 10.0 Å². The van der Waals surface area contributed by atoms with E-state index in [4.69, 9.17) is 0 Å². The SMILES string of the molecule is CCCCCCCCCCS(=O)(=O)Nc1ccccn1. The van der Waals surface area contributed by atoms with Gasteiger partial charge >= 0.3 is 0 Å². The van der Waals surface area contributed by atoms with Gasteiger partial charge in [-0.05, 0) is 18.6 Å². The molecule has 0 aliphatic rings. The Morgan fingerprint density at radius 2 is 1.65 bits per heavy atom. The number of nitrogens with zero attached hydrogens (tertiary/aromatic N) is 1. The first kappa shape index (κ1) is 17.0. The highest BCUT2D eigenvalue weighted by molar-refractivity contribution is 7.92. The van der Waals surface area contributed by atoms with Gasteiger partial charge in [0.25, 0.3) is 0 Å². The van der Waals surface area contributed by atoms with E-state index in [1.807, 2.05) is 0 Å². The van der Waals surface area contributed by atoms with E-state index in [-0.39, 0.29) is 5.75 Å². The van der Waals surface area contributed by atoms with Gasteiger partial charge in [-0.15, -0.1) is 0 Å². The van der Waals surface area contributed by atoms with Gasteiger partial charge in [-0.1, -0.05) is 57.9 Å². The lowest BCUT2D eigenvalue weighted by molar-refractivity contribution is 0.574. The molecule has 0 atom stereocenters. The second kappa shape index (κ2) is 9.75. The largest absolute Gasteiger partial charge is 0.267 e. The van der Waals surface area contributed by atoms with Crippen molar-refractivity contribution in [3.8, 4) is 0 Å². The van der Waals surface area contributed by atoms with Gasteiger partial charge in [0.15, 0.2) is 0 Å². The van der Waals surface area contributed by atoms with E-state index in [2.05, 4.69) is 16.6 Å². The number of hydrogen-bond acceptors (Lipinski definition) is 3. The molecule has 0 saturated carbocycles. The van der Waals surface area contributed by atoms with Crippen molar-refractivity contribution in [1.29, 1.82) is 0 Å². The molecule has 1 aromatic heterocycles. The molecule has 0 aromatic carbocycles. The molecule has 0 aliphatic heterocycles. The van der Waals surface area contributed by atoms with Crippen LogP contribution in [0.2, 0.25) is 0 Å². The summed E-state index contributed by atoms with van der Waals surface area (Å²) in [7, 11) is -3.25. The van der Waals surface area contributed by atoms with Gasteiger partial charge in [0.2, 0.25) is 10.0 Å². The van der Waals surface area contributed by atoms with Crippen LogP contribution in [-0.4, -0.2) is 19.2 Å². The third kappa shape index (κ3) is 8.15. The van der Waals surface area contributed by atoms with Crippen molar-refractivity contribution in [1.82, 2.24) is 4.98 Å². The quantitative estimate of drug-likeness (QED) is 0.629. The lowest BCUT2D eigenvalue weighted by atomic mass is 10.1. The van der Waals surface area contributed by atoms with Gasteiger partial charge < -0.3 is 0 Å². The van der Waals surface area contributed by atoms with Crippen LogP contribution in [0.3, 0.4) is 0 Å². The molecule has 1 heterocycles. The van der Waals surface area contributed by atoms with E-state index in [0.717, 1.165) is 19.3 Å². The molecule has 114 valence electrons. The zero-order valence-corrected chi connectivity index (χ0v) is 13.2. The van der Waals surface area contributed by atoms with E-state index < -0.39 is 10.0 Å². The Bertz CT molecular complexity index is 446. The fraction of sp³-hybridized carbons (Fsp3) is 0.667. The fourth-order valence-electron chi connectivity index (χ4n) is 2.06. The Hall–Kier alpha value is -1.10. The lowest BCUT2D eigenvalue weighted by Gasteiger charge is -2.06. The molecule has 0 radical (unpaired) electrons. The Morgan fingerprint density at radius 3 is 2.25 bits per heavy atom. The topological polar surface area (TPSA) is 59.1 Å². The molecule has 1 N–H and O–H groups in total. The number of hydrogen-bond donors (Lipinski definition) is 1. The van der Waals surface area contributed by atoms with Crippen LogP contribution in [0.4, 0.5) is 5.82 Å². The molecular weight excluding hydrogens is 272 g/mol. The van der Waals surface area contributed by atoms with E-state index in [0.29, 0.717) is 5.82 Å². The first-order chi connectivity index (χ1) is 9.64. The van der Waals surface area contributed by atoms with E-state index in [9.17, 15) is 8.42 Å². The van der Waals surface area contributed by atoms with E-state index >= 15 is 0 Å². The van der Waals surface area contributed by atoms with Crippen LogP contribution in [0.1, 0.15) is 58.3 Å². The first-order valence-electron chi connectivity index (χ1n) is 7.55. The normalized spacial score (nSPS) is 11.4. The monoisotopic (exact) mass is 298 g/mol. The highest BCUT2D eigenvalue weighted by atomic mass is 32.2. The van der Waals surface area contributed by atoms with Crippen molar-refractivity contribution < 1.29 is 8.42 Å². The predicted octanol–water partition coefficient (Wildman–Crippen LogP) is 3.96. The molecule has 5 heteroatoms. The molecule has 0 amide bonds. The fourth-order valence-corrected chi connectivity index (χ4v) is 3.19. The lowest BCUT2D eigenvalue weighted by Crippen LogP contribution is -2.17. The third-order valence-electron chi connectivity index (χ3n) is 3.19. The second-order valence-electron chi connectivity index (χ2n) is 5.11. The van der Waals surface area contributed by atoms with Crippen LogP contribution < -0.4 is 4.72 Å². The van der Waals surface area contributed by atoms with Crippen molar-refractivity contribution in [2.75, 3.05) is 10.5 Å². The molecule has 0 fully saturated rings. The second-order valence-corrected chi connectivity index (χ2v) is 6.95. The Kier molecular flexibility index (Phi) is 8.26. The summed E-state index contributed by atoms with van der Waals surface area (Å²) in [6.45, 7) is 2.21. The summed E-state index contributed by atoms with van der Waals surface area (Å²) in [5, 5.41) is 0. The molecular formula is C15H26N2O2S. The zero-order chi connectivity index (χ0) is 14.7. The van der Waals surface area contributed by atoms with Crippen LogP contribution in [0.25, 0.3) is 0 Å². The van der Waals surface area contributed by atoms with Gasteiger partial charge in [-0.25, -0.2) is 13.4 Å². The molecule has 0 bridgehead atoms. The Morgan fingerprint density at radius 1 is 1.00 bits per heavy atom. The van der Waals surface area contributed by atoms with Crippen LogP contribution in [0.5, 0.6) is 0 Å². The molecule has 0 aliphatic carbocycles. The molecule has 1 aromatic rings. The standard InChI is InChI=1S/C15H26N2O2S/c1-2-3-4-5-6-7-8-11-14-20(18,19)17-15-12-9-10-13-16-15/h9-10,12-13H,2-8,11,14H2,1H3,(H,16,17). The first-order valence-corrected chi connectivity index (χ1v) is 9.21. The summed E-state index contributed by atoms with van der Waals surface area (Å²) in [5.74, 6) is 0.575. The van der Waals surface area contributed by atoms with Crippen molar-refractivity contribution in [2.45, 2.75) is 58.3 Å². The number of pyridine rings is 1. The molecule has 4 nitrogen and oxygen atoms in total. The summed E-state index contributed by atoms with van der Waals surface area (Å²) in [6, 6.07) is 5.18. The minimum atomic E-state index is -3.25. The molecule has 20 heavy (non-hydrogen) atoms. The maximum atomic E-state index is 11.8. The van der Waals surface area contributed by atoms with Crippen LogP contribution in [0.15, 0.2) is 24.4 Å². The smallest absolute Gasteiger partial charge is 0.233 e. The summed E-state index contributed by atoms with van der Waals surface area (Å²) in [5.41, 5.74) is 0. The van der Waals surface area contributed by atoms with Gasteiger partial charge in [0.1, 0.15) is 5.82 Å². The van der Waals surface area contributed by atoms with Crippen molar-refractivity contribution in [2.24, 2.45) is 0 Å². The Labute approximate surface area is 123 Å². The average Bonchev–Trinajstić information content (AvgIpc) is 2.42. The minimum Gasteiger partial charge on any atom is -0.267 e. The summed E-state index contributed by atoms with van der Waals surface area (Å²) in [4.78, 5) is 3.96. The van der Waals surface area contributed by atoms with Crippen LogP contribution >= 0.6 is 0 Å². The summed E-state index contributed by atoms with van der Waals surface area (Å²) < 4.78 is 26.1. The van der Waals surface area contributed by atoms with Gasteiger partial charge in [-0.2, -0.15) is 0 Å². The molecule has 0 unspecified atom stereocenters. The van der Waals surface area contributed by atoms with Crippen LogP contribution in [0, 0.1) is 0 Å². The van der Waals surface area contributed by atoms with Crippen molar-refractivity contribution >= 4 is 15.8 Å². The minimum absolute atomic E-state index is 0.179. The zero-order valence-electron chi connectivity index (χ0n) is 12.3. The molecule has 0 spiro atoms. The van der Waals surface area contributed by atoms with Gasteiger partial charge in [0.05, 0.1) is 5.75 Å². The predicted molar refractivity (Wildman–Crippen MR) is 84.3 cm³/mol. The number of rotatable bonds is 11. The number of unbranched alkanes of at least 4 members (excludes halogenated alkanes) is 7. The molecule has 1 rings (SSSR count). The number of sulfonamides is 1. The van der Waals surface area contributed by atoms with Crippen molar-refractivity contribution in [3.63, 3.8) is 0 Å². The highest BCUT2D eigenvalue weighted by Crippen LogP contribution is 2.10. The number of anilines is 1. The number of aromatic nitrogens is 1. The van der Waals surface area contributed by atoms with Crippen molar-refractivity contribution in [3.05, 3.63) is 24.4 Å². The third-order valence-corrected chi connectivity index (χ3v) is 4.54. The average molecular weight is 298 g/mol. The van der Waals surface area contributed by atoms with E-state index in [1.54, 1.807) is 24.4 Å². The van der Waals surface area contributed by atoms with E-state index in [1.165, 1.54) is 32.1 Å². The maximum absolute atomic E-state index is 11.8. The highest BCUT2D eigenvalue weighted by Gasteiger charge is 2.10. The molecule has 0 saturated heterocycles. The Balaban J connectivity index is 2.11. The van der Waals surface area contributed by atoms with Gasteiger partial charge in [0, 0.05) is 6.20 Å². The summed E-state index contributed by atoms with van der Waals surface area (Å²) >= 11 is 0. The maximum Gasteiger partial charge on any atom is 0.233 e. The summed E-state index contributed by atoms with van der Waals surface area (Å²) in [6.07, 6.45) is 10.8. The number of nitrogens with one attached hydrogen (secondary N) is 1.